The van der Waals surface area contributed by atoms with Gasteiger partial charge in [0.2, 0.25) is 0 Å². The van der Waals surface area contributed by atoms with Crippen LogP contribution in [0.1, 0.15) is 32.8 Å². The Morgan fingerprint density at radius 3 is 2.56 bits per heavy atom. The molecular formula is C19H26N2O6. The summed E-state index contributed by atoms with van der Waals surface area (Å²) in [5.74, 6) is -0.623. The number of nitrogens with one attached hydrogen (secondary N) is 2. The second-order valence-corrected chi connectivity index (χ2v) is 5.69. The molecular weight excluding hydrogens is 352 g/mol. The Balaban J connectivity index is 2.43. The Morgan fingerprint density at radius 2 is 1.93 bits per heavy atom. The van der Waals surface area contributed by atoms with E-state index in [1.165, 1.54) is 7.11 Å². The van der Waals surface area contributed by atoms with Crippen molar-refractivity contribution in [3.8, 4) is 11.5 Å². The molecule has 0 fully saturated rings. The number of carbonyl (C=O) groups is 3. The summed E-state index contributed by atoms with van der Waals surface area (Å²) in [6, 6.07) is 4.56. The van der Waals surface area contributed by atoms with Crippen LogP contribution in [0.5, 0.6) is 11.5 Å². The molecule has 0 aliphatic carbocycles. The number of esters is 1. The van der Waals surface area contributed by atoms with Crippen LogP contribution in [0.15, 0.2) is 24.3 Å². The fraction of sp³-hybridized carbons (Fsp3) is 0.421. The van der Waals surface area contributed by atoms with Gasteiger partial charge in [-0.25, -0.2) is 9.59 Å². The van der Waals surface area contributed by atoms with Gasteiger partial charge in [-0.3, -0.25) is 10.1 Å². The van der Waals surface area contributed by atoms with E-state index in [1.54, 1.807) is 19.1 Å². The van der Waals surface area contributed by atoms with Crippen molar-refractivity contribution in [1.29, 1.82) is 0 Å². The van der Waals surface area contributed by atoms with Crippen LogP contribution in [-0.4, -0.2) is 44.3 Å². The minimum absolute atomic E-state index is 0.0667. The van der Waals surface area contributed by atoms with E-state index in [-0.39, 0.29) is 6.04 Å². The van der Waals surface area contributed by atoms with Gasteiger partial charge in [-0.2, -0.15) is 0 Å². The highest BCUT2D eigenvalue weighted by atomic mass is 16.6. The van der Waals surface area contributed by atoms with Crippen molar-refractivity contribution in [1.82, 2.24) is 10.6 Å². The molecule has 0 heterocycles. The summed E-state index contributed by atoms with van der Waals surface area (Å²) in [7, 11) is 1.49. The zero-order chi connectivity index (χ0) is 20.2. The van der Waals surface area contributed by atoms with Crippen molar-refractivity contribution >= 4 is 24.0 Å². The third-order valence-electron chi connectivity index (χ3n) is 3.50. The smallest absolute Gasteiger partial charge is 0.344 e. The molecule has 0 bridgehead atoms. The largest absolute Gasteiger partial charge is 0.493 e. The van der Waals surface area contributed by atoms with E-state index in [1.807, 2.05) is 32.1 Å². The van der Waals surface area contributed by atoms with Gasteiger partial charge in [0.05, 0.1) is 7.11 Å². The molecule has 0 spiro atoms. The highest BCUT2D eigenvalue weighted by Gasteiger charge is 2.13. The fourth-order valence-electron chi connectivity index (χ4n) is 1.95. The number of ether oxygens (including phenoxy) is 3. The molecule has 8 nitrogen and oxygen atoms in total. The molecule has 1 aromatic rings. The fourth-order valence-corrected chi connectivity index (χ4v) is 1.95. The normalized spacial score (nSPS) is 11.6. The maximum atomic E-state index is 11.7. The lowest BCUT2D eigenvalue weighted by Crippen LogP contribution is -2.44. The second kappa shape index (κ2) is 11.6. The van der Waals surface area contributed by atoms with Gasteiger partial charge in [0.25, 0.3) is 5.91 Å². The van der Waals surface area contributed by atoms with Crippen LogP contribution in [0, 0.1) is 0 Å². The molecule has 0 saturated heterocycles. The lowest BCUT2D eigenvalue weighted by Gasteiger charge is -2.12. The number of urea groups is 1. The topological polar surface area (TPSA) is 103 Å². The third-order valence-corrected chi connectivity index (χ3v) is 3.50. The van der Waals surface area contributed by atoms with Crippen molar-refractivity contribution in [3.63, 3.8) is 0 Å². The first kappa shape index (κ1) is 22.0. The Kier molecular flexibility index (Phi) is 9.42. The summed E-state index contributed by atoms with van der Waals surface area (Å²) in [5, 5.41) is 4.64. The summed E-state index contributed by atoms with van der Waals surface area (Å²) in [6.07, 6.45) is 4.52. The number of hydrogen-bond acceptors (Lipinski definition) is 6. The van der Waals surface area contributed by atoms with Crippen molar-refractivity contribution in [2.45, 2.75) is 33.2 Å². The van der Waals surface area contributed by atoms with Gasteiger partial charge in [-0.15, -0.1) is 0 Å². The Hall–Kier alpha value is -3.03. The lowest BCUT2D eigenvalue weighted by atomic mass is 10.2. The van der Waals surface area contributed by atoms with Crippen molar-refractivity contribution < 1.29 is 28.6 Å². The van der Waals surface area contributed by atoms with Crippen LogP contribution in [0.25, 0.3) is 6.08 Å². The molecule has 8 heteroatoms. The number of rotatable bonds is 9. The van der Waals surface area contributed by atoms with Crippen LogP contribution < -0.4 is 20.1 Å². The predicted octanol–water partition coefficient (Wildman–Crippen LogP) is 2.27. The van der Waals surface area contributed by atoms with Crippen molar-refractivity contribution in [2.24, 2.45) is 0 Å². The maximum absolute atomic E-state index is 11.7. The molecule has 0 radical (unpaired) electrons. The average Bonchev–Trinajstić information content (AvgIpc) is 2.65. The highest BCUT2D eigenvalue weighted by molar-refractivity contribution is 5.95. The van der Waals surface area contributed by atoms with E-state index in [9.17, 15) is 14.4 Å². The summed E-state index contributed by atoms with van der Waals surface area (Å²) in [5.41, 5.74) is 0.927. The second-order valence-electron chi connectivity index (χ2n) is 5.69. The molecule has 3 amide bonds. The Bertz CT molecular complexity index is 687. The number of carbonyl (C=O) groups excluding carboxylic acids is 3. The van der Waals surface area contributed by atoms with Crippen LogP contribution in [-0.2, 0) is 14.3 Å². The Morgan fingerprint density at radius 1 is 1.19 bits per heavy atom. The lowest BCUT2D eigenvalue weighted by molar-refractivity contribution is -0.150. The molecule has 27 heavy (non-hydrogen) atoms. The molecule has 0 aromatic heterocycles. The van der Waals surface area contributed by atoms with Gasteiger partial charge in [0.15, 0.2) is 24.7 Å². The average molecular weight is 378 g/mol. The summed E-state index contributed by atoms with van der Waals surface area (Å²) >= 11 is 0. The van der Waals surface area contributed by atoms with Crippen molar-refractivity contribution in [3.05, 3.63) is 29.8 Å². The first-order valence-corrected chi connectivity index (χ1v) is 8.59. The van der Waals surface area contributed by atoms with E-state index < -0.39 is 31.1 Å². The van der Waals surface area contributed by atoms with Gasteiger partial charge >= 0.3 is 12.0 Å². The number of hydrogen-bond donors (Lipinski definition) is 2. The van der Waals surface area contributed by atoms with Crippen LogP contribution in [0.3, 0.4) is 0 Å². The number of imide groups is 1. The van der Waals surface area contributed by atoms with E-state index in [4.69, 9.17) is 14.2 Å². The summed E-state index contributed by atoms with van der Waals surface area (Å²) in [6.45, 7) is 4.63. The molecule has 1 rings (SSSR count). The summed E-state index contributed by atoms with van der Waals surface area (Å²) in [4.78, 5) is 34.8. The molecule has 0 aliphatic heterocycles. The van der Waals surface area contributed by atoms with Gasteiger partial charge in [0, 0.05) is 6.04 Å². The molecule has 2 N–H and O–H groups in total. The SMILES string of the molecule is C/C=C/c1ccc(OCC(=O)OCC(=O)NC(=O)N[C@@H](C)CC)c(OC)c1. The third kappa shape index (κ3) is 8.26. The maximum Gasteiger partial charge on any atom is 0.344 e. The van der Waals surface area contributed by atoms with Crippen molar-refractivity contribution in [2.75, 3.05) is 20.3 Å². The first-order chi connectivity index (χ1) is 12.9. The predicted molar refractivity (Wildman–Crippen MR) is 101 cm³/mol. The van der Waals surface area contributed by atoms with E-state index in [2.05, 4.69) is 10.6 Å². The minimum atomic E-state index is -0.743. The minimum Gasteiger partial charge on any atom is -0.493 e. The van der Waals surface area contributed by atoms with Crippen LogP contribution in [0.2, 0.25) is 0 Å². The molecule has 148 valence electrons. The molecule has 1 atom stereocenters. The molecule has 0 aliphatic rings. The Labute approximate surface area is 158 Å². The monoisotopic (exact) mass is 378 g/mol. The molecule has 1 aromatic carbocycles. The summed E-state index contributed by atoms with van der Waals surface area (Å²) < 4.78 is 15.4. The zero-order valence-electron chi connectivity index (χ0n) is 16.0. The van der Waals surface area contributed by atoms with Gasteiger partial charge in [0.1, 0.15) is 0 Å². The van der Waals surface area contributed by atoms with E-state index in [0.717, 1.165) is 12.0 Å². The van der Waals surface area contributed by atoms with Crippen LogP contribution >= 0.6 is 0 Å². The van der Waals surface area contributed by atoms with Crippen LogP contribution in [0.4, 0.5) is 4.79 Å². The van der Waals surface area contributed by atoms with E-state index in [0.29, 0.717) is 11.5 Å². The number of allylic oxidation sites excluding steroid dienone is 1. The number of benzene rings is 1. The molecule has 0 unspecified atom stereocenters. The zero-order valence-corrected chi connectivity index (χ0v) is 16.0. The highest BCUT2D eigenvalue weighted by Crippen LogP contribution is 2.28. The van der Waals surface area contributed by atoms with E-state index >= 15 is 0 Å². The van der Waals surface area contributed by atoms with Gasteiger partial charge in [-0.1, -0.05) is 25.1 Å². The van der Waals surface area contributed by atoms with Gasteiger partial charge in [-0.05, 0) is 38.0 Å². The standard InChI is InChI=1S/C19H26N2O6/c1-5-7-14-8-9-15(16(10-14)25-4)26-12-18(23)27-11-17(22)21-19(24)20-13(3)6-2/h5,7-10,13H,6,11-12H2,1-4H3,(H2,20,21,22,24)/b7-5+/t13-/m0/s1. The number of methoxy groups -OCH3 is 1. The van der Waals surface area contributed by atoms with Gasteiger partial charge < -0.3 is 19.5 Å². The molecule has 0 saturated carbocycles. The quantitative estimate of drug-likeness (QED) is 0.639. The number of amides is 3. The first-order valence-electron chi connectivity index (χ1n) is 8.59.